The van der Waals surface area contributed by atoms with E-state index in [4.69, 9.17) is 19.6 Å². The van der Waals surface area contributed by atoms with Crippen LogP contribution in [0.4, 0.5) is 10.4 Å². The third-order valence-corrected chi connectivity index (χ3v) is 6.10. The number of fused-ring (bicyclic) bond motifs is 1. The van der Waals surface area contributed by atoms with Crippen LogP contribution in [0.2, 0.25) is 0 Å². The number of hydrogen-bond donors (Lipinski definition) is 2. The lowest BCUT2D eigenvalue weighted by molar-refractivity contribution is -0.117. The molecule has 2 heterocycles. The monoisotopic (exact) mass is 484 g/mol. The fourth-order valence-corrected chi connectivity index (χ4v) is 4.36. The van der Waals surface area contributed by atoms with Crippen LogP contribution < -0.4 is 20.5 Å². The molecule has 188 valence electrons. The van der Waals surface area contributed by atoms with Gasteiger partial charge < -0.3 is 24.9 Å². The van der Waals surface area contributed by atoms with Crippen molar-refractivity contribution in [3.8, 4) is 11.5 Å². The number of amides is 1. The first-order valence-electron chi connectivity index (χ1n) is 12.2. The number of nitrogens with one attached hydrogen (secondary N) is 1. The molecule has 0 bridgehead atoms. The number of anilines is 1. The van der Waals surface area contributed by atoms with Crippen molar-refractivity contribution < 1.29 is 23.1 Å². The largest absolute Gasteiger partial charge is 0.491 e. The van der Waals surface area contributed by atoms with Gasteiger partial charge in [0.2, 0.25) is 11.7 Å². The number of nitrogens with zero attached hydrogens (tertiary/aromatic N) is 2. The Morgan fingerprint density at radius 2 is 1.83 bits per heavy atom. The molecule has 1 aromatic heterocycles. The highest BCUT2D eigenvalue weighted by Gasteiger charge is 2.22. The van der Waals surface area contributed by atoms with E-state index < -0.39 is 5.82 Å². The number of hydrogen-bond acceptors (Lipinski definition) is 7. The van der Waals surface area contributed by atoms with Gasteiger partial charge in [-0.1, -0.05) is 6.07 Å². The van der Waals surface area contributed by atoms with Crippen LogP contribution >= 0.6 is 0 Å². The van der Waals surface area contributed by atoms with E-state index in [9.17, 15) is 9.18 Å². The summed E-state index contributed by atoms with van der Waals surface area (Å²) >= 11 is 0. The minimum atomic E-state index is -0.446. The van der Waals surface area contributed by atoms with Gasteiger partial charge in [0.25, 0.3) is 6.01 Å². The Balaban J connectivity index is 1.33. The minimum absolute atomic E-state index is 0.235. The summed E-state index contributed by atoms with van der Waals surface area (Å²) in [5.41, 5.74) is 8.69. The van der Waals surface area contributed by atoms with Crippen molar-refractivity contribution in [1.29, 1.82) is 0 Å². The van der Waals surface area contributed by atoms with Gasteiger partial charge in [0.15, 0.2) is 17.1 Å². The molecular formula is C26H33FN4O4. The molecule has 0 atom stereocenters. The number of ether oxygens (including phenoxy) is 2. The van der Waals surface area contributed by atoms with Crippen molar-refractivity contribution in [3.05, 3.63) is 47.3 Å². The number of aromatic nitrogens is 1. The molecule has 1 saturated heterocycles. The molecule has 0 saturated carbocycles. The SMILES string of the molecule is CCOc1cc(CN2CCC(Nc3nc4cc(CCC(N)=O)ccc4o3)CC2)cc(OCC)c1F. The number of halogens is 1. The molecule has 3 N–H and O–H groups in total. The van der Waals surface area contributed by atoms with Gasteiger partial charge in [0.05, 0.1) is 13.2 Å². The summed E-state index contributed by atoms with van der Waals surface area (Å²) in [6.07, 6.45) is 2.76. The van der Waals surface area contributed by atoms with E-state index in [-0.39, 0.29) is 23.4 Å². The molecule has 35 heavy (non-hydrogen) atoms. The third kappa shape index (κ3) is 6.42. The van der Waals surface area contributed by atoms with E-state index >= 15 is 0 Å². The van der Waals surface area contributed by atoms with E-state index in [1.54, 1.807) is 12.1 Å². The summed E-state index contributed by atoms with van der Waals surface area (Å²) in [6, 6.07) is 10.0. The molecule has 0 aliphatic carbocycles. The summed E-state index contributed by atoms with van der Waals surface area (Å²) in [5, 5.41) is 3.42. The molecule has 9 heteroatoms. The van der Waals surface area contributed by atoms with Gasteiger partial charge in [-0.25, -0.2) is 0 Å². The lowest BCUT2D eigenvalue weighted by atomic mass is 10.0. The number of likely N-dealkylation sites (tertiary alicyclic amines) is 1. The van der Waals surface area contributed by atoms with Crippen LogP contribution in [0.3, 0.4) is 0 Å². The van der Waals surface area contributed by atoms with Crippen LogP contribution in [0.15, 0.2) is 34.7 Å². The van der Waals surface area contributed by atoms with Crippen molar-refractivity contribution in [2.24, 2.45) is 5.73 Å². The first-order valence-corrected chi connectivity index (χ1v) is 12.2. The highest BCUT2D eigenvalue weighted by Crippen LogP contribution is 2.30. The van der Waals surface area contributed by atoms with Gasteiger partial charge in [0, 0.05) is 32.1 Å². The average molecular weight is 485 g/mol. The van der Waals surface area contributed by atoms with Crippen LogP contribution in [0.1, 0.15) is 44.2 Å². The second-order valence-corrected chi connectivity index (χ2v) is 8.75. The van der Waals surface area contributed by atoms with Gasteiger partial charge in [-0.15, -0.1) is 0 Å². The normalized spacial score (nSPS) is 14.8. The van der Waals surface area contributed by atoms with E-state index in [2.05, 4.69) is 15.2 Å². The molecule has 8 nitrogen and oxygen atoms in total. The Kier molecular flexibility index (Phi) is 8.07. The third-order valence-electron chi connectivity index (χ3n) is 6.10. The number of piperidine rings is 1. The summed E-state index contributed by atoms with van der Waals surface area (Å²) < 4.78 is 31.3. The quantitative estimate of drug-likeness (QED) is 0.419. The first-order chi connectivity index (χ1) is 16.9. The molecule has 0 unspecified atom stereocenters. The number of carbonyl (C=O) groups is 1. The van der Waals surface area contributed by atoms with Crippen LogP contribution in [0.5, 0.6) is 11.5 Å². The summed E-state index contributed by atoms with van der Waals surface area (Å²) in [5.74, 6) is -0.293. The van der Waals surface area contributed by atoms with Crippen LogP contribution in [-0.4, -0.2) is 48.1 Å². The van der Waals surface area contributed by atoms with E-state index in [0.717, 1.165) is 42.6 Å². The number of aryl methyl sites for hydroxylation is 1. The highest BCUT2D eigenvalue weighted by molar-refractivity contribution is 5.76. The minimum Gasteiger partial charge on any atom is -0.491 e. The second kappa shape index (κ2) is 11.4. The van der Waals surface area contributed by atoms with E-state index in [1.165, 1.54) is 0 Å². The van der Waals surface area contributed by atoms with Gasteiger partial charge in [0.1, 0.15) is 5.52 Å². The molecule has 3 aromatic rings. The van der Waals surface area contributed by atoms with Crippen molar-refractivity contribution >= 4 is 23.0 Å². The van der Waals surface area contributed by atoms with Gasteiger partial charge in [-0.3, -0.25) is 9.69 Å². The summed E-state index contributed by atoms with van der Waals surface area (Å²) in [7, 11) is 0. The number of carbonyl (C=O) groups excluding carboxylic acids is 1. The number of primary amides is 1. The zero-order valence-electron chi connectivity index (χ0n) is 20.3. The van der Waals surface area contributed by atoms with E-state index in [1.807, 2.05) is 32.0 Å². The average Bonchev–Trinajstić information content (AvgIpc) is 3.23. The van der Waals surface area contributed by atoms with Crippen molar-refractivity contribution in [2.75, 3.05) is 31.6 Å². The maximum Gasteiger partial charge on any atom is 0.295 e. The Morgan fingerprint density at radius 1 is 1.14 bits per heavy atom. The molecule has 0 radical (unpaired) electrons. The van der Waals surface area contributed by atoms with Gasteiger partial charge in [-0.2, -0.15) is 9.37 Å². The lowest BCUT2D eigenvalue weighted by Crippen LogP contribution is -2.38. The van der Waals surface area contributed by atoms with Crippen molar-refractivity contribution in [1.82, 2.24) is 9.88 Å². The molecule has 4 rings (SSSR count). The van der Waals surface area contributed by atoms with E-state index in [0.29, 0.717) is 44.2 Å². The lowest BCUT2D eigenvalue weighted by Gasteiger charge is -2.32. The maximum absolute atomic E-state index is 14.5. The molecule has 1 aliphatic rings. The topological polar surface area (TPSA) is 103 Å². The fourth-order valence-electron chi connectivity index (χ4n) is 4.36. The summed E-state index contributed by atoms with van der Waals surface area (Å²) in [4.78, 5) is 17.9. The molecule has 0 spiro atoms. The smallest absolute Gasteiger partial charge is 0.295 e. The highest BCUT2D eigenvalue weighted by atomic mass is 19.1. The predicted molar refractivity (Wildman–Crippen MR) is 132 cm³/mol. The molecule has 1 amide bonds. The number of benzene rings is 2. The fraction of sp³-hybridized carbons (Fsp3) is 0.462. The number of rotatable bonds is 11. The van der Waals surface area contributed by atoms with Crippen LogP contribution in [-0.2, 0) is 17.8 Å². The van der Waals surface area contributed by atoms with Gasteiger partial charge >= 0.3 is 0 Å². The van der Waals surface area contributed by atoms with Crippen molar-refractivity contribution in [3.63, 3.8) is 0 Å². The molecule has 2 aromatic carbocycles. The first kappa shape index (κ1) is 24.8. The Hall–Kier alpha value is -3.33. The zero-order chi connectivity index (χ0) is 24.8. The maximum atomic E-state index is 14.5. The number of oxazole rings is 1. The molecule has 1 aliphatic heterocycles. The summed E-state index contributed by atoms with van der Waals surface area (Å²) in [6.45, 7) is 6.94. The van der Waals surface area contributed by atoms with Crippen molar-refractivity contribution in [2.45, 2.75) is 52.1 Å². The standard InChI is InChI=1S/C26H33FN4O4/c1-3-33-22-14-18(15-23(25(22)27)34-4-2)16-31-11-9-19(10-12-31)29-26-30-20-13-17(6-8-24(28)32)5-7-21(20)35-26/h5,7,13-15,19H,3-4,6,8-12,16H2,1-2H3,(H2,28,32)(H,29,30). The Bertz CT molecular complexity index is 1130. The zero-order valence-corrected chi connectivity index (χ0v) is 20.3. The Morgan fingerprint density at radius 3 is 2.46 bits per heavy atom. The predicted octanol–water partition coefficient (Wildman–Crippen LogP) is 4.26. The number of nitrogens with two attached hydrogens (primary N) is 1. The Labute approximate surface area is 204 Å². The molecule has 1 fully saturated rings. The molecular weight excluding hydrogens is 451 g/mol. The van der Waals surface area contributed by atoms with Crippen LogP contribution in [0.25, 0.3) is 11.1 Å². The van der Waals surface area contributed by atoms with Gasteiger partial charge in [-0.05, 0) is 68.5 Å². The second-order valence-electron chi connectivity index (χ2n) is 8.75. The van der Waals surface area contributed by atoms with Crippen LogP contribution in [0, 0.1) is 5.82 Å².